The van der Waals surface area contributed by atoms with Crippen LogP contribution in [0.4, 0.5) is 28.0 Å². The van der Waals surface area contributed by atoms with Gasteiger partial charge in [0.2, 0.25) is 0 Å². The second-order valence-electron chi connectivity index (χ2n) is 8.07. The molecule has 180 valence electrons. The van der Waals surface area contributed by atoms with Crippen LogP contribution in [0.3, 0.4) is 0 Å². The first kappa shape index (κ1) is 24.9. The summed E-state index contributed by atoms with van der Waals surface area (Å²) in [6.45, 7) is 1.11. The number of hydrogen-bond donors (Lipinski definition) is 2. The maximum Gasteiger partial charge on any atom is 0.330 e. The van der Waals surface area contributed by atoms with E-state index in [1.807, 2.05) is 12.1 Å². The number of ether oxygens (including phenoxy) is 1. The number of benzene rings is 1. The molecule has 2 amide bonds. The molecule has 6 nitrogen and oxygen atoms in total. The van der Waals surface area contributed by atoms with Crippen molar-refractivity contribution in [1.82, 2.24) is 15.2 Å². The van der Waals surface area contributed by atoms with Gasteiger partial charge < -0.3 is 20.3 Å². The van der Waals surface area contributed by atoms with Crippen molar-refractivity contribution in [2.24, 2.45) is 0 Å². The number of likely N-dealkylation sites (tertiary alicyclic amines) is 1. The van der Waals surface area contributed by atoms with E-state index in [0.717, 1.165) is 38.9 Å². The van der Waals surface area contributed by atoms with Gasteiger partial charge in [0.25, 0.3) is 0 Å². The molecule has 0 bridgehead atoms. The lowest BCUT2D eigenvalue weighted by atomic mass is 10.0. The molecule has 0 saturated carbocycles. The molecule has 0 unspecified atom stereocenters. The number of rotatable bonds is 10. The van der Waals surface area contributed by atoms with Crippen LogP contribution in [0.5, 0.6) is 0 Å². The molecule has 2 heterocycles. The zero-order chi connectivity index (χ0) is 23.7. The molecule has 0 radical (unpaired) electrons. The number of nitrogens with one attached hydrogen (secondary N) is 2. The first-order valence-corrected chi connectivity index (χ1v) is 10.8. The van der Waals surface area contributed by atoms with Gasteiger partial charge >= 0.3 is 18.4 Å². The van der Waals surface area contributed by atoms with Crippen LogP contribution in [0.1, 0.15) is 24.0 Å². The maximum atomic E-state index is 12.9. The van der Waals surface area contributed by atoms with Gasteiger partial charge in [0.05, 0.1) is 6.61 Å². The number of pyridine rings is 1. The molecule has 2 aromatic rings. The number of piperidine rings is 1. The number of aromatic nitrogens is 1. The summed E-state index contributed by atoms with van der Waals surface area (Å²) in [4.78, 5) is 18.7. The van der Waals surface area contributed by atoms with Crippen LogP contribution in [-0.2, 0) is 17.8 Å². The number of alkyl halides is 4. The van der Waals surface area contributed by atoms with Crippen LogP contribution in [0.25, 0.3) is 0 Å². The molecule has 1 fully saturated rings. The summed E-state index contributed by atoms with van der Waals surface area (Å²) < 4.78 is 54.9. The molecule has 0 aliphatic carbocycles. The van der Waals surface area contributed by atoms with E-state index >= 15 is 0 Å². The molecule has 1 aromatic heterocycles. The zero-order valence-electron chi connectivity index (χ0n) is 18.2. The quantitative estimate of drug-likeness (QED) is 0.510. The summed E-state index contributed by atoms with van der Waals surface area (Å²) in [5, 5.41) is 5.68. The highest BCUT2D eigenvalue weighted by molar-refractivity contribution is 5.89. The van der Waals surface area contributed by atoms with Gasteiger partial charge in [-0.3, -0.25) is 4.98 Å². The number of hydrogen-bond acceptors (Lipinski definition) is 4. The van der Waals surface area contributed by atoms with Crippen molar-refractivity contribution < 1.29 is 27.1 Å². The second-order valence-corrected chi connectivity index (χ2v) is 8.07. The van der Waals surface area contributed by atoms with Gasteiger partial charge in [-0.05, 0) is 54.7 Å². The van der Waals surface area contributed by atoms with E-state index in [0.29, 0.717) is 11.3 Å². The maximum absolute atomic E-state index is 12.9. The summed E-state index contributed by atoms with van der Waals surface area (Å²) >= 11 is 0. The number of nitrogens with zero attached hydrogens (tertiary/aromatic N) is 2. The van der Waals surface area contributed by atoms with Crippen molar-refractivity contribution in [3.8, 4) is 0 Å². The Balaban J connectivity index is 1.37. The van der Waals surface area contributed by atoms with Gasteiger partial charge in [-0.15, -0.1) is 0 Å². The summed E-state index contributed by atoms with van der Waals surface area (Å²) in [6, 6.07) is 10.2. The molecule has 0 spiro atoms. The zero-order valence-corrected chi connectivity index (χ0v) is 18.2. The van der Waals surface area contributed by atoms with Gasteiger partial charge in [0.1, 0.15) is 6.61 Å². The van der Waals surface area contributed by atoms with Crippen molar-refractivity contribution in [1.29, 1.82) is 0 Å². The molecule has 2 N–H and O–H groups in total. The standard InChI is InChI=1S/C23H28F4N4O2/c24-21(25)23(26,27)16-33-15-18-2-1-3-20(14-18)30-22(32)29-19-7-12-31(13-8-19)11-6-17-4-9-28-10-5-17/h1-5,9-10,14,19,21H,6-8,11-13,15-16H2,(H2,29,30,32). The van der Waals surface area contributed by atoms with Crippen molar-refractivity contribution in [3.05, 3.63) is 59.9 Å². The summed E-state index contributed by atoms with van der Waals surface area (Å²) in [7, 11) is 0. The molecule has 1 aliphatic heterocycles. The van der Waals surface area contributed by atoms with Gasteiger partial charge in [0.15, 0.2) is 0 Å². The van der Waals surface area contributed by atoms with Crippen LogP contribution < -0.4 is 10.6 Å². The molecule has 10 heteroatoms. The Morgan fingerprint density at radius 1 is 1.15 bits per heavy atom. The lowest BCUT2D eigenvalue weighted by Crippen LogP contribution is -2.46. The fraction of sp³-hybridized carbons (Fsp3) is 0.478. The first-order chi connectivity index (χ1) is 15.8. The number of carbonyl (C=O) groups is 1. The monoisotopic (exact) mass is 468 g/mol. The lowest BCUT2D eigenvalue weighted by Gasteiger charge is -2.32. The molecular weight excluding hydrogens is 440 g/mol. The Hall–Kier alpha value is -2.72. The number of halogens is 4. The molecule has 1 saturated heterocycles. The summed E-state index contributed by atoms with van der Waals surface area (Å²) in [5.41, 5.74) is 2.20. The summed E-state index contributed by atoms with van der Waals surface area (Å²) in [6.07, 6.45) is 2.45. The Morgan fingerprint density at radius 2 is 1.88 bits per heavy atom. The number of anilines is 1. The average Bonchev–Trinajstić information content (AvgIpc) is 2.79. The van der Waals surface area contributed by atoms with Gasteiger partial charge in [-0.1, -0.05) is 12.1 Å². The minimum Gasteiger partial charge on any atom is -0.370 e. The van der Waals surface area contributed by atoms with E-state index in [2.05, 4.69) is 20.5 Å². The average molecular weight is 468 g/mol. The normalized spacial score (nSPS) is 15.5. The molecule has 33 heavy (non-hydrogen) atoms. The smallest absolute Gasteiger partial charge is 0.330 e. The minimum absolute atomic E-state index is 0.0604. The number of urea groups is 1. The number of amides is 2. The Bertz CT molecular complexity index is 878. The van der Waals surface area contributed by atoms with Crippen molar-refractivity contribution in [3.63, 3.8) is 0 Å². The van der Waals surface area contributed by atoms with Crippen molar-refractivity contribution in [2.75, 3.05) is 31.6 Å². The van der Waals surface area contributed by atoms with E-state index in [1.165, 1.54) is 5.56 Å². The predicted molar refractivity (Wildman–Crippen MR) is 117 cm³/mol. The predicted octanol–water partition coefficient (Wildman–Crippen LogP) is 4.33. The molecule has 3 rings (SSSR count). The van der Waals surface area contributed by atoms with Crippen LogP contribution in [0.2, 0.25) is 0 Å². The highest BCUT2D eigenvalue weighted by Gasteiger charge is 2.40. The Morgan fingerprint density at radius 3 is 2.58 bits per heavy atom. The van der Waals surface area contributed by atoms with Gasteiger partial charge in [0, 0.05) is 43.8 Å². The highest BCUT2D eigenvalue weighted by atomic mass is 19.3. The first-order valence-electron chi connectivity index (χ1n) is 10.8. The van der Waals surface area contributed by atoms with Gasteiger partial charge in [-0.2, -0.15) is 8.78 Å². The van der Waals surface area contributed by atoms with Crippen LogP contribution >= 0.6 is 0 Å². The summed E-state index contributed by atoms with van der Waals surface area (Å²) in [5.74, 6) is -4.19. The van der Waals surface area contributed by atoms with E-state index in [-0.39, 0.29) is 18.7 Å². The highest BCUT2D eigenvalue weighted by Crippen LogP contribution is 2.23. The van der Waals surface area contributed by atoms with Crippen LogP contribution in [0.15, 0.2) is 48.8 Å². The third-order valence-electron chi connectivity index (χ3n) is 5.46. The number of carbonyl (C=O) groups excluding carboxylic acids is 1. The fourth-order valence-electron chi connectivity index (χ4n) is 3.60. The molecule has 1 aliphatic rings. The SMILES string of the molecule is O=C(Nc1cccc(COCC(F)(F)C(F)F)c1)NC1CCN(CCc2ccncc2)CC1. The largest absolute Gasteiger partial charge is 0.370 e. The molecular formula is C23H28F4N4O2. The van der Waals surface area contributed by atoms with Crippen LogP contribution in [-0.4, -0.2) is 60.5 Å². The Kier molecular flexibility index (Phi) is 9.02. The fourth-order valence-corrected chi connectivity index (χ4v) is 3.60. The lowest BCUT2D eigenvalue weighted by molar-refractivity contribution is -0.168. The second kappa shape index (κ2) is 11.9. The Labute approximate surface area is 190 Å². The van der Waals surface area contributed by atoms with Crippen LogP contribution in [0, 0.1) is 0 Å². The van der Waals surface area contributed by atoms with E-state index in [9.17, 15) is 22.4 Å². The molecule has 1 aromatic carbocycles. The van der Waals surface area contributed by atoms with E-state index in [4.69, 9.17) is 4.74 Å². The van der Waals surface area contributed by atoms with Crippen molar-refractivity contribution in [2.45, 2.75) is 44.3 Å². The van der Waals surface area contributed by atoms with E-state index in [1.54, 1.807) is 36.7 Å². The topological polar surface area (TPSA) is 66.5 Å². The minimum atomic E-state index is -4.19. The van der Waals surface area contributed by atoms with Gasteiger partial charge in [-0.25, -0.2) is 13.6 Å². The third kappa shape index (κ3) is 8.29. The third-order valence-corrected chi connectivity index (χ3v) is 5.46. The van der Waals surface area contributed by atoms with Crippen molar-refractivity contribution >= 4 is 11.7 Å². The van der Waals surface area contributed by atoms with E-state index < -0.39 is 19.0 Å². The molecule has 0 atom stereocenters.